The molecule has 0 unspecified atom stereocenters. The second kappa shape index (κ2) is 8.27. The van der Waals surface area contributed by atoms with Gasteiger partial charge in [-0.3, -0.25) is 9.36 Å². The lowest BCUT2D eigenvalue weighted by Crippen LogP contribution is -2.29. The third-order valence-corrected chi connectivity index (χ3v) is 8.60. The fourth-order valence-corrected chi connectivity index (χ4v) is 7.32. The lowest BCUT2D eigenvalue weighted by atomic mass is 9.90. The molecule has 1 fully saturated rings. The average molecular weight is 425 g/mol. The Bertz CT molecular complexity index is 1090. The number of aryl methyl sites for hydroxylation is 2. The first-order valence-corrected chi connectivity index (χ1v) is 12.9. The number of unbranched alkanes of at least 4 members (excludes halogenated alkanes) is 1. The third kappa shape index (κ3) is 3.46. The van der Waals surface area contributed by atoms with Gasteiger partial charge in [-0.25, -0.2) is 4.98 Å². The zero-order chi connectivity index (χ0) is 19.8. The number of thioether (sulfide) groups is 1. The summed E-state index contributed by atoms with van der Waals surface area (Å²) in [5.41, 5.74) is 4.17. The van der Waals surface area contributed by atoms with Crippen molar-refractivity contribution in [2.75, 3.05) is 5.75 Å². The maximum atomic E-state index is 13.8. The van der Waals surface area contributed by atoms with Crippen LogP contribution in [0.15, 0.2) is 34.2 Å². The monoisotopic (exact) mass is 424 g/mol. The van der Waals surface area contributed by atoms with Crippen LogP contribution in [0, 0.1) is 0 Å². The van der Waals surface area contributed by atoms with E-state index in [9.17, 15) is 4.79 Å². The van der Waals surface area contributed by atoms with Crippen molar-refractivity contribution in [3.63, 3.8) is 0 Å². The van der Waals surface area contributed by atoms with Crippen LogP contribution in [0.1, 0.15) is 69.0 Å². The largest absolute Gasteiger partial charge is 0.284 e. The highest BCUT2D eigenvalue weighted by Gasteiger charge is 2.27. The molecule has 2 aromatic heterocycles. The number of thiophene rings is 1. The normalized spacial score (nSPS) is 16.7. The smallest absolute Gasteiger partial charge is 0.263 e. The van der Waals surface area contributed by atoms with Crippen LogP contribution in [0.4, 0.5) is 0 Å². The number of benzene rings is 1. The summed E-state index contributed by atoms with van der Waals surface area (Å²) in [4.78, 5) is 21.2. The van der Waals surface area contributed by atoms with Gasteiger partial charge in [-0.2, -0.15) is 0 Å². The van der Waals surface area contributed by atoms with Gasteiger partial charge < -0.3 is 0 Å². The van der Waals surface area contributed by atoms with E-state index >= 15 is 0 Å². The molecule has 152 valence electrons. The number of hydrogen-bond donors (Lipinski definition) is 0. The zero-order valence-corrected chi connectivity index (χ0v) is 18.7. The lowest BCUT2D eigenvalue weighted by molar-refractivity contribution is 0.326. The second-order valence-electron chi connectivity index (χ2n) is 8.31. The highest BCUT2D eigenvalue weighted by Crippen LogP contribution is 2.43. The third-order valence-electron chi connectivity index (χ3n) is 6.40. The van der Waals surface area contributed by atoms with Gasteiger partial charge in [0.2, 0.25) is 0 Å². The van der Waals surface area contributed by atoms with E-state index in [2.05, 4.69) is 35.8 Å². The lowest BCUT2D eigenvalue weighted by Gasteiger charge is -2.26. The number of rotatable bonds is 5. The molecular formula is C24H28N2OS2. The predicted octanol–water partition coefficient (Wildman–Crippen LogP) is 6.62. The van der Waals surface area contributed by atoms with Crippen LogP contribution in [0.3, 0.4) is 0 Å². The Hall–Kier alpha value is -1.59. The van der Waals surface area contributed by atoms with Gasteiger partial charge in [-0.05, 0) is 48.8 Å². The standard InChI is InChI=1S/C24H28N2OS2/c1-2-3-15-28-24-25-22-20(23(27)26(24)17-10-5-4-6-11-17)19-14-13-16-9-7-8-12-18(16)21(19)29-22/h7-9,12,17H,2-6,10-11,13-15H2,1H3. The van der Waals surface area contributed by atoms with Gasteiger partial charge in [-0.1, -0.05) is 68.6 Å². The summed E-state index contributed by atoms with van der Waals surface area (Å²) in [7, 11) is 0. The van der Waals surface area contributed by atoms with Crippen LogP contribution in [-0.4, -0.2) is 15.3 Å². The molecule has 2 aliphatic carbocycles. The molecule has 0 bridgehead atoms. The first-order chi connectivity index (χ1) is 14.3. The van der Waals surface area contributed by atoms with Crippen molar-refractivity contribution in [1.82, 2.24) is 9.55 Å². The summed E-state index contributed by atoms with van der Waals surface area (Å²) >= 11 is 3.51. The Morgan fingerprint density at radius 2 is 2.00 bits per heavy atom. The fraction of sp³-hybridized carbons (Fsp3) is 0.500. The van der Waals surface area contributed by atoms with E-state index in [-0.39, 0.29) is 5.56 Å². The van der Waals surface area contributed by atoms with Crippen LogP contribution in [-0.2, 0) is 12.8 Å². The van der Waals surface area contributed by atoms with E-state index in [1.807, 2.05) is 0 Å². The van der Waals surface area contributed by atoms with Crippen molar-refractivity contribution >= 4 is 33.3 Å². The molecule has 0 aliphatic heterocycles. The number of aromatic nitrogens is 2. The molecule has 0 spiro atoms. The first kappa shape index (κ1) is 19.4. The summed E-state index contributed by atoms with van der Waals surface area (Å²) in [6.45, 7) is 2.22. The van der Waals surface area contributed by atoms with Gasteiger partial charge in [-0.15, -0.1) is 11.3 Å². The molecule has 5 rings (SSSR count). The minimum Gasteiger partial charge on any atom is -0.284 e. The molecule has 2 aliphatic rings. The molecule has 3 aromatic rings. The summed E-state index contributed by atoms with van der Waals surface area (Å²) in [6, 6.07) is 8.98. The SMILES string of the molecule is CCCCSc1nc2sc3c(c2c(=O)n1C1CCCCC1)CCc1ccccc1-3. The topological polar surface area (TPSA) is 34.9 Å². The van der Waals surface area contributed by atoms with Gasteiger partial charge >= 0.3 is 0 Å². The molecule has 5 heteroatoms. The van der Waals surface area contributed by atoms with Crippen LogP contribution >= 0.6 is 23.1 Å². The maximum Gasteiger partial charge on any atom is 0.263 e. The number of nitrogens with zero attached hydrogens (tertiary/aromatic N) is 2. The predicted molar refractivity (Wildman–Crippen MR) is 124 cm³/mol. The highest BCUT2D eigenvalue weighted by atomic mass is 32.2. The van der Waals surface area contributed by atoms with Gasteiger partial charge in [0.15, 0.2) is 5.16 Å². The van der Waals surface area contributed by atoms with E-state index in [0.717, 1.165) is 53.2 Å². The van der Waals surface area contributed by atoms with E-state index in [0.29, 0.717) is 6.04 Å². The Morgan fingerprint density at radius 3 is 2.83 bits per heavy atom. The van der Waals surface area contributed by atoms with Crippen LogP contribution in [0.2, 0.25) is 0 Å². The second-order valence-corrected chi connectivity index (χ2v) is 10.4. The quantitative estimate of drug-likeness (QED) is 0.262. The van der Waals surface area contributed by atoms with Crippen molar-refractivity contribution in [3.05, 3.63) is 45.7 Å². The summed E-state index contributed by atoms with van der Waals surface area (Å²) in [5, 5.41) is 1.86. The van der Waals surface area contributed by atoms with Gasteiger partial charge in [0.25, 0.3) is 5.56 Å². The number of hydrogen-bond acceptors (Lipinski definition) is 4. The van der Waals surface area contributed by atoms with Gasteiger partial charge in [0.05, 0.1) is 5.39 Å². The minimum absolute atomic E-state index is 0.220. The van der Waals surface area contributed by atoms with Crippen molar-refractivity contribution in [1.29, 1.82) is 0 Å². The molecule has 3 nitrogen and oxygen atoms in total. The molecule has 0 atom stereocenters. The van der Waals surface area contributed by atoms with E-state index in [1.165, 1.54) is 47.3 Å². The summed E-state index contributed by atoms with van der Waals surface area (Å²) in [5.74, 6) is 1.04. The molecular weight excluding hydrogens is 396 g/mol. The average Bonchev–Trinajstić information content (AvgIpc) is 3.14. The zero-order valence-electron chi connectivity index (χ0n) is 17.1. The van der Waals surface area contributed by atoms with Gasteiger partial charge in [0.1, 0.15) is 4.83 Å². The van der Waals surface area contributed by atoms with E-state index in [4.69, 9.17) is 4.98 Å². The van der Waals surface area contributed by atoms with Crippen LogP contribution in [0.25, 0.3) is 20.7 Å². The molecule has 0 amide bonds. The summed E-state index contributed by atoms with van der Waals surface area (Å²) in [6.07, 6.45) is 10.3. The van der Waals surface area contributed by atoms with E-state index in [1.54, 1.807) is 23.1 Å². The molecule has 2 heterocycles. The Labute approximate surface area is 180 Å². The molecule has 0 radical (unpaired) electrons. The molecule has 1 saturated carbocycles. The van der Waals surface area contributed by atoms with Crippen molar-refractivity contribution in [2.45, 2.75) is 75.9 Å². The van der Waals surface area contributed by atoms with Crippen molar-refractivity contribution in [2.24, 2.45) is 0 Å². The minimum atomic E-state index is 0.220. The Morgan fingerprint density at radius 1 is 1.17 bits per heavy atom. The van der Waals surface area contributed by atoms with Crippen molar-refractivity contribution < 1.29 is 0 Å². The molecule has 0 saturated heterocycles. The fourth-order valence-electron chi connectivity index (χ4n) is 4.85. The Balaban J connectivity index is 1.69. The van der Waals surface area contributed by atoms with E-state index < -0.39 is 0 Å². The summed E-state index contributed by atoms with van der Waals surface area (Å²) < 4.78 is 2.09. The maximum absolute atomic E-state index is 13.8. The first-order valence-electron chi connectivity index (χ1n) is 11.1. The molecule has 1 aromatic carbocycles. The number of fused-ring (bicyclic) bond motifs is 5. The molecule has 0 N–H and O–H groups in total. The van der Waals surface area contributed by atoms with Gasteiger partial charge in [0, 0.05) is 16.7 Å². The van der Waals surface area contributed by atoms with Crippen LogP contribution < -0.4 is 5.56 Å². The van der Waals surface area contributed by atoms with Crippen LogP contribution in [0.5, 0.6) is 0 Å². The molecule has 29 heavy (non-hydrogen) atoms. The highest BCUT2D eigenvalue weighted by molar-refractivity contribution is 7.99. The van der Waals surface area contributed by atoms with Crippen molar-refractivity contribution in [3.8, 4) is 10.4 Å². The Kier molecular flexibility index (Phi) is 5.53.